The van der Waals surface area contributed by atoms with Gasteiger partial charge in [-0.15, -0.1) is 0 Å². The molecule has 0 aromatic heterocycles. The van der Waals surface area contributed by atoms with Crippen LogP contribution in [-0.2, 0) is 9.47 Å². The van der Waals surface area contributed by atoms with Gasteiger partial charge in [-0.05, 0) is 63.9 Å². The Morgan fingerprint density at radius 3 is 2.21 bits per heavy atom. The lowest BCUT2D eigenvalue weighted by Gasteiger charge is -2.27. The Hall–Kier alpha value is -3.68. The topological polar surface area (TPSA) is 102 Å². The lowest BCUT2D eigenvalue weighted by atomic mass is 9.99. The minimum absolute atomic E-state index is 0.149. The van der Waals surface area contributed by atoms with E-state index < -0.39 is 35.5 Å². The third-order valence-electron chi connectivity index (χ3n) is 5.01. The van der Waals surface area contributed by atoms with Crippen LogP contribution in [0.25, 0.3) is 0 Å². The second-order valence-electron chi connectivity index (χ2n) is 8.60. The molecular formula is C25H28N2O6. The largest absolute Gasteiger partial charge is 0.462 e. The summed E-state index contributed by atoms with van der Waals surface area (Å²) in [7, 11) is 0. The summed E-state index contributed by atoms with van der Waals surface area (Å²) in [5.74, 6) is -1.33. The van der Waals surface area contributed by atoms with E-state index in [1.54, 1.807) is 76.2 Å². The molecule has 3 rings (SSSR count). The molecule has 174 valence electrons. The number of benzene rings is 2. The van der Waals surface area contributed by atoms with Crippen LogP contribution < -0.4 is 5.32 Å². The molecule has 33 heavy (non-hydrogen) atoms. The number of amides is 3. The molecule has 1 atom stereocenters. The van der Waals surface area contributed by atoms with Crippen molar-refractivity contribution in [1.29, 1.82) is 0 Å². The number of ether oxygens (including phenoxy) is 2. The highest BCUT2D eigenvalue weighted by atomic mass is 16.6. The van der Waals surface area contributed by atoms with Crippen LogP contribution in [0.2, 0.25) is 0 Å². The first-order valence-electron chi connectivity index (χ1n) is 10.8. The molecule has 1 heterocycles. The number of carbonyl (C=O) groups is 4. The summed E-state index contributed by atoms with van der Waals surface area (Å²) < 4.78 is 10.3. The van der Waals surface area contributed by atoms with Gasteiger partial charge in [-0.2, -0.15) is 0 Å². The van der Waals surface area contributed by atoms with E-state index in [0.717, 1.165) is 0 Å². The summed E-state index contributed by atoms with van der Waals surface area (Å²) in [5, 5.41) is 2.67. The van der Waals surface area contributed by atoms with Crippen molar-refractivity contribution in [3.63, 3.8) is 0 Å². The predicted molar refractivity (Wildman–Crippen MR) is 121 cm³/mol. The maximum Gasteiger partial charge on any atom is 0.407 e. The van der Waals surface area contributed by atoms with Crippen molar-refractivity contribution in [2.24, 2.45) is 0 Å². The average Bonchev–Trinajstić information content (AvgIpc) is 3.01. The highest BCUT2D eigenvalue weighted by Crippen LogP contribution is 2.33. The van der Waals surface area contributed by atoms with E-state index in [2.05, 4.69) is 5.32 Å². The normalized spacial score (nSPS) is 14.0. The Morgan fingerprint density at radius 1 is 1.00 bits per heavy atom. The number of rotatable bonds is 7. The molecule has 0 bridgehead atoms. The number of alkyl carbamates (subject to hydrolysis) is 1. The Bertz CT molecular complexity index is 1040. The number of hydrogen-bond donors (Lipinski definition) is 1. The fourth-order valence-electron chi connectivity index (χ4n) is 3.65. The molecule has 0 spiro atoms. The van der Waals surface area contributed by atoms with E-state index in [0.29, 0.717) is 22.3 Å². The van der Waals surface area contributed by atoms with Gasteiger partial charge in [0.15, 0.2) is 0 Å². The molecule has 0 radical (unpaired) electrons. The zero-order valence-electron chi connectivity index (χ0n) is 19.2. The number of fused-ring (bicyclic) bond motifs is 1. The monoisotopic (exact) mass is 452 g/mol. The number of hydrogen-bond acceptors (Lipinski definition) is 6. The Labute approximate surface area is 192 Å². The third-order valence-corrected chi connectivity index (χ3v) is 5.01. The zero-order chi connectivity index (χ0) is 24.2. The summed E-state index contributed by atoms with van der Waals surface area (Å²) >= 11 is 0. The maximum absolute atomic E-state index is 13.1. The third kappa shape index (κ3) is 5.58. The van der Waals surface area contributed by atoms with Crippen LogP contribution in [0.15, 0.2) is 48.5 Å². The molecule has 2 aromatic carbocycles. The standard InChI is InChI=1S/C25H28N2O6/c1-5-32-23(30)17-10-8-9-16(15-17)20(13-14-26-24(31)33-25(2,3)4)27-21(28)18-11-6-7-12-19(18)22(27)29/h6-12,15,20H,5,13-14H2,1-4H3,(H,26,31). The van der Waals surface area contributed by atoms with E-state index in [1.165, 1.54) is 4.90 Å². The van der Waals surface area contributed by atoms with Crippen molar-refractivity contribution in [3.05, 3.63) is 70.8 Å². The summed E-state index contributed by atoms with van der Waals surface area (Å²) in [6.45, 7) is 7.37. The van der Waals surface area contributed by atoms with Crippen molar-refractivity contribution in [1.82, 2.24) is 10.2 Å². The molecular weight excluding hydrogens is 424 g/mol. The predicted octanol–water partition coefficient (Wildman–Crippen LogP) is 4.12. The van der Waals surface area contributed by atoms with Crippen LogP contribution in [0.4, 0.5) is 4.79 Å². The fourth-order valence-corrected chi connectivity index (χ4v) is 3.65. The van der Waals surface area contributed by atoms with Gasteiger partial charge >= 0.3 is 12.1 Å². The molecule has 1 aliphatic rings. The molecule has 2 aromatic rings. The van der Waals surface area contributed by atoms with Gasteiger partial charge in [0.1, 0.15) is 5.60 Å². The summed E-state index contributed by atoms with van der Waals surface area (Å²) in [6.07, 6.45) is -0.360. The smallest absolute Gasteiger partial charge is 0.407 e. The molecule has 1 unspecified atom stereocenters. The van der Waals surface area contributed by atoms with E-state index in [1.807, 2.05) is 0 Å². The molecule has 8 heteroatoms. The second-order valence-corrected chi connectivity index (χ2v) is 8.60. The van der Waals surface area contributed by atoms with Crippen LogP contribution in [0.5, 0.6) is 0 Å². The number of carbonyl (C=O) groups excluding carboxylic acids is 4. The van der Waals surface area contributed by atoms with Gasteiger partial charge in [-0.1, -0.05) is 24.3 Å². The first kappa shape index (κ1) is 24.0. The van der Waals surface area contributed by atoms with Crippen molar-refractivity contribution >= 4 is 23.9 Å². The first-order chi connectivity index (χ1) is 15.6. The van der Waals surface area contributed by atoms with Crippen molar-refractivity contribution < 1.29 is 28.7 Å². The molecule has 3 amide bonds. The maximum atomic E-state index is 13.1. The lowest BCUT2D eigenvalue weighted by Crippen LogP contribution is -2.38. The van der Waals surface area contributed by atoms with Gasteiger partial charge in [0.05, 0.1) is 29.3 Å². The molecule has 8 nitrogen and oxygen atoms in total. The van der Waals surface area contributed by atoms with Crippen molar-refractivity contribution in [3.8, 4) is 0 Å². The fraction of sp³-hybridized carbons (Fsp3) is 0.360. The summed E-state index contributed by atoms with van der Waals surface area (Å²) in [6, 6.07) is 12.6. The summed E-state index contributed by atoms with van der Waals surface area (Å²) in [5.41, 5.74) is 0.903. The van der Waals surface area contributed by atoms with Crippen molar-refractivity contribution in [2.75, 3.05) is 13.2 Å². The van der Waals surface area contributed by atoms with Crippen LogP contribution >= 0.6 is 0 Å². The molecule has 0 saturated heterocycles. The lowest BCUT2D eigenvalue weighted by molar-refractivity contribution is 0.0510. The minimum Gasteiger partial charge on any atom is -0.462 e. The van der Waals surface area contributed by atoms with Crippen LogP contribution in [-0.4, -0.2) is 47.5 Å². The SMILES string of the molecule is CCOC(=O)c1cccc(C(CCNC(=O)OC(C)(C)C)N2C(=O)c3ccccc3C2=O)c1. The Morgan fingerprint density at radius 2 is 1.64 bits per heavy atom. The van der Waals surface area contributed by atoms with Crippen LogP contribution in [0, 0.1) is 0 Å². The van der Waals surface area contributed by atoms with Crippen molar-refractivity contribution in [2.45, 2.75) is 45.8 Å². The van der Waals surface area contributed by atoms with Gasteiger partial charge in [-0.25, -0.2) is 9.59 Å². The van der Waals surface area contributed by atoms with Gasteiger partial charge in [0.2, 0.25) is 0 Å². The van der Waals surface area contributed by atoms with Crippen LogP contribution in [0.1, 0.15) is 76.8 Å². The first-order valence-corrected chi connectivity index (χ1v) is 10.8. The zero-order valence-corrected chi connectivity index (χ0v) is 19.2. The van der Waals surface area contributed by atoms with E-state index in [-0.39, 0.29) is 19.6 Å². The molecule has 1 aliphatic heterocycles. The average molecular weight is 453 g/mol. The number of nitrogens with zero attached hydrogens (tertiary/aromatic N) is 1. The number of imide groups is 1. The Kier molecular flexibility index (Phi) is 7.16. The van der Waals surface area contributed by atoms with E-state index in [4.69, 9.17) is 9.47 Å². The second kappa shape index (κ2) is 9.85. The van der Waals surface area contributed by atoms with Gasteiger partial charge in [0, 0.05) is 6.54 Å². The number of nitrogens with one attached hydrogen (secondary N) is 1. The van der Waals surface area contributed by atoms with Gasteiger partial charge in [0.25, 0.3) is 11.8 Å². The number of esters is 1. The van der Waals surface area contributed by atoms with Gasteiger partial charge in [-0.3, -0.25) is 14.5 Å². The molecule has 0 aliphatic carbocycles. The molecule has 1 N–H and O–H groups in total. The molecule has 0 saturated carbocycles. The minimum atomic E-state index is -0.707. The summed E-state index contributed by atoms with van der Waals surface area (Å²) in [4.78, 5) is 51.8. The van der Waals surface area contributed by atoms with E-state index in [9.17, 15) is 19.2 Å². The molecule has 0 fully saturated rings. The van der Waals surface area contributed by atoms with E-state index >= 15 is 0 Å². The Balaban J connectivity index is 1.89. The van der Waals surface area contributed by atoms with Gasteiger partial charge < -0.3 is 14.8 Å². The highest BCUT2D eigenvalue weighted by molar-refractivity contribution is 6.21. The quantitative estimate of drug-likeness (QED) is 0.501. The van der Waals surface area contributed by atoms with Crippen LogP contribution in [0.3, 0.4) is 0 Å². The highest BCUT2D eigenvalue weighted by Gasteiger charge is 2.40.